The number of aromatic nitrogens is 1. The molecule has 124 valence electrons. The molecule has 2 fully saturated rings. The highest BCUT2D eigenvalue weighted by molar-refractivity contribution is 5.40. The van der Waals surface area contributed by atoms with Gasteiger partial charge in [0.15, 0.2) is 0 Å². The Balaban J connectivity index is 0.000000211. The minimum atomic E-state index is -4.30. The summed E-state index contributed by atoms with van der Waals surface area (Å²) in [4.78, 5) is 5.83. The van der Waals surface area contributed by atoms with Gasteiger partial charge in [0.1, 0.15) is 5.82 Å². The number of halogens is 3. The van der Waals surface area contributed by atoms with Crippen molar-refractivity contribution in [1.82, 2.24) is 10.3 Å². The first-order chi connectivity index (χ1) is 10.5. The van der Waals surface area contributed by atoms with Crippen LogP contribution in [0.3, 0.4) is 0 Å². The van der Waals surface area contributed by atoms with E-state index in [0.717, 1.165) is 51.2 Å². The smallest absolute Gasteiger partial charge is 0.395 e. The fraction of sp³-hybridized carbons (Fsp3) is 0.667. The van der Waals surface area contributed by atoms with Crippen LogP contribution in [-0.4, -0.2) is 42.4 Å². The molecule has 0 unspecified atom stereocenters. The van der Waals surface area contributed by atoms with Crippen LogP contribution in [-0.2, 0) is 6.18 Å². The first-order valence-corrected chi connectivity index (χ1v) is 7.63. The number of rotatable bonds is 2. The highest BCUT2D eigenvalue weighted by Crippen LogP contribution is 2.29. The Morgan fingerprint density at radius 3 is 2.36 bits per heavy atom. The van der Waals surface area contributed by atoms with Gasteiger partial charge in [-0.15, -0.1) is 0 Å². The van der Waals surface area contributed by atoms with Gasteiger partial charge in [0, 0.05) is 25.3 Å². The van der Waals surface area contributed by atoms with Gasteiger partial charge in [0.25, 0.3) is 0 Å². The molecule has 0 bridgehead atoms. The molecule has 2 saturated heterocycles. The molecule has 3 rings (SSSR count). The van der Waals surface area contributed by atoms with E-state index in [1.807, 2.05) is 4.90 Å². The first-order valence-electron chi connectivity index (χ1n) is 7.63. The monoisotopic (exact) mass is 317 g/mol. The Bertz CT molecular complexity index is 438. The highest BCUT2D eigenvalue weighted by Gasteiger charge is 2.30. The lowest BCUT2D eigenvalue weighted by Crippen LogP contribution is -2.24. The van der Waals surface area contributed by atoms with Crippen molar-refractivity contribution < 1.29 is 18.3 Å². The minimum absolute atomic E-state index is 0.306. The number of aliphatic hydroxyl groups is 1. The van der Waals surface area contributed by atoms with Crippen molar-refractivity contribution >= 4 is 5.82 Å². The summed E-state index contributed by atoms with van der Waals surface area (Å²) in [5.41, 5.74) is -0.689. The molecule has 0 aromatic carbocycles. The molecule has 1 aromatic heterocycles. The highest BCUT2D eigenvalue weighted by atomic mass is 19.4. The topological polar surface area (TPSA) is 48.4 Å². The maximum atomic E-state index is 12.2. The molecule has 7 heteroatoms. The first kappa shape index (κ1) is 17.0. The van der Waals surface area contributed by atoms with Crippen molar-refractivity contribution in [2.75, 3.05) is 31.1 Å². The molecule has 2 aliphatic rings. The van der Waals surface area contributed by atoms with Crippen LogP contribution in [0.2, 0.25) is 0 Å². The van der Waals surface area contributed by atoms with Crippen LogP contribution in [0.15, 0.2) is 18.3 Å². The van der Waals surface area contributed by atoms with Gasteiger partial charge in [-0.3, -0.25) is 0 Å². The summed E-state index contributed by atoms with van der Waals surface area (Å²) in [6, 6.07) is 2.93. The Hall–Kier alpha value is -1.34. The van der Waals surface area contributed by atoms with E-state index in [1.54, 1.807) is 0 Å². The molecule has 2 aliphatic heterocycles. The Kier molecular flexibility index (Phi) is 6.02. The number of nitrogens with zero attached hydrogens (tertiary/aromatic N) is 2. The Labute approximate surface area is 128 Å². The third-order valence-electron chi connectivity index (χ3n) is 3.89. The van der Waals surface area contributed by atoms with Crippen molar-refractivity contribution in [3.05, 3.63) is 23.9 Å². The molecular weight excluding hydrogens is 295 g/mol. The second-order valence-corrected chi connectivity index (χ2v) is 5.57. The zero-order valence-electron chi connectivity index (χ0n) is 12.4. The van der Waals surface area contributed by atoms with Gasteiger partial charge in [0.05, 0.1) is 12.2 Å². The lowest BCUT2D eigenvalue weighted by Gasteiger charge is -2.16. The number of hydrogen-bond acceptors (Lipinski definition) is 4. The predicted molar refractivity (Wildman–Crippen MR) is 78.8 cm³/mol. The number of anilines is 1. The van der Waals surface area contributed by atoms with E-state index in [1.165, 1.54) is 12.5 Å². The van der Waals surface area contributed by atoms with Crippen LogP contribution in [0.25, 0.3) is 0 Å². The van der Waals surface area contributed by atoms with E-state index in [4.69, 9.17) is 5.11 Å². The van der Waals surface area contributed by atoms with E-state index in [9.17, 15) is 13.2 Å². The van der Waals surface area contributed by atoms with E-state index < -0.39 is 11.7 Å². The van der Waals surface area contributed by atoms with Crippen molar-refractivity contribution in [2.45, 2.75) is 37.9 Å². The molecule has 1 aromatic rings. The van der Waals surface area contributed by atoms with Gasteiger partial charge >= 0.3 is 6.18 Å². The Morgan fingerprint density at radius 1 is 1.23 bits per heavy atom. The summed E-state index contributed by atoms with van der Waals surface area (Å²) < 4.78 is 36.7. The molecule has 0 aliphatic carbocycles. The normalized spacial score (nSPS) is 21.6. The maximum Gasteiger partial charge on any atom is 0.417 e. The standard InChI is InChI=1S/C10H11F3N2.C5H11NO/c11-10(12,13)8-3-4-9(14-7-8)15-5-1-2-6-15;7-4-5-2-1-3-6-5/h3-4,7H,1-2,5-6H2;5-7H,1-4H2/t;5-/m.0/s1. The van der Waals surface area contributed by atoms with Gasteiger partial charge < -0.3 is 15.3 Å². The molecule has 0 radical (unpaired) electrons. The number of alkyl halides is 3. The number of pyridine rings is 1. The fourth-order valence-electron chi connectivity index (χ4n) is 2.60. The van der Waals surface area contributed by atoms with Gasteiger partial charge in [0.2, 0.25) is 0 Å². The lowest BCUT2D eigenvalue weighted by molar-refractivity contribution is -0.137. The molecule has 0 amide bonds. The molecule has 3 heterocycles. The predicted octanol–water partition coefficient (Wildman–Crippen LogP) is 2.43. The molecule has 1 atom stereocenters. The average Bonchev–Trinajstić information content (AvgIpc) is 3.20. The van der Waals surface area contributed by atoms with Crippen LogP contribution in [0.4, 0.5) is 19.0 Å². The zero-order valence-corrected chi connectivity index (χ0v) is 12.4. The van der Waals surface area contributed by atoms with Crippen molar-refractivity contribution in [1.29, 1.82) is 0 Å². The molecular formula is C15H22F3N3O. The summed E-state index contributed by atoms with van der Waals surface area (Å²) in [7, 11) is 0. The molecule has 0 saturated carbocycles. The Morgan fingerprint density at radius 2 is 1.95 bits per heavy atom. The van der Waals surface area contributed by atoms with Crippen LogP contribution >= 0.6 is 0 Å². The number of aliphatic hydroxyl groups excluding tert-OH is 1. The largest absolute Gasteiger partial charge is 0.417 e. The van der Waals surface area contributed by atoms with Crippen LogP contribution in [0, 0.1) is 0 Å². The van der Waals surface area contributed by atoms with Gasteiger partial charge in [-0.25, -0.2) is 4.98 Å². The quantitative estimate of drug-likeness (QED) is 0.879. The number of nitrogens with one attached hydrogen (secondary N) is 1. The maximum absolute atomic E-state index is 12.2. The van der Waals surface area contributed by atoms with Crippen molar-refractivity contribution in [3.63, 3.8) is 0 Å². The number of hydrogen-bond donors (Lipinski definition) is 2. The third kappa shape index (κ3) is 4.84. The fourth-order valence-corrected chi connectivity index (χ4v) is 2.60. The molecule has 0 spiro atoms. The van der Waals surface area contributed by atoms with E-state index in [0.29, 0.717) is 18.5 Å². The van der Waals surface area contributed by atoms with Crippen LogP contribution < -0.4 is 10.2 Å². The third-order valence-corrected chi connectivity index (χ3v) is 3.89. The van der Waals surface area contributed by atoms with Crippen molar-refractivity contribution in [3.8, 4) is 0 Å². The average molecular weight is 317 g/mol. The summed E-state index contributed by atoms with van der Waals surface area (Å²) in [6.45, 7) is 3.17. The summed E-state index contributed by atoms with van der Waals surface area (Å²) in [6.07, 6.45) is 1.15. The van der Waals surface area contributed by atoms with Crippen LogP contribution in [0.5, 0.6) is 0 Å². The van der Waals surface area contributed by atoms with E-state index >= 15 is 0 Å². The van der Waals surface area contributed by atoms with E-state index in [2.05, 4.69) is 10.3 Å². The molecule has 22 heavy (non-hydrogen) atoms. The van der Waals surface area contributed by atoms with Crippen LogP contribution in [0.1, 0.15) is 31.2 Å². The SMILES string of the molecule is FC(F)(F)c1ccc(N2CCCC2)nc1.OC[C@@H]1CCCN1. The molecule has 2 N–H and O–H groups in total. The second-order valence-electron chi connectivity index (χ2n) is 5.57. The molecule has 4 nitrogen and oxygen atoms in total. The minimum Gasteiger partial charge on any atom is -0.395 e. The van der Waals surface area contributed by atoms with E-state index in [-0.39, 0.29) is 0 Å². The summed E-state index contributed by atoms with van der Waals surface area (Å²) in [5, 5.41) is 11.7. The van der Waals surface area contributed by atoms with Gasteiger partial charge in [-0.1, -0.05) is 0 Å². The zero-order chi connectivity index (χ0) is 16.0. The van der Waals surface area contributed by atoms with Gasteiger partial charge in [-0.2, -0.15) is 13.2 Å². The summed E-state index contributed by atoms with van der Waals surface area (Å²) >= 11 is 0. The van der Waals surface area contributed by atoms with Crippen molar-refractivity contribution in [2.24, 2.45) is 0 Å². The lowest BCUT2D eigenvalue weighted by atomic mass is 10.2. The van der Waals surface area contributed by atoms with Gasteiger partial charge in [-0.05, 0) is 44.4 Å². The summed E-state index contributed by atoms with van der Waals surface area (Å²) in [5.74, 6) is 0.639. The second kappa shape index (κ2) is 7.78.